The molecular weight excluding hydrogens is 631 g/mol. The zero-order valence-corrected chi connectivity index (χ0v) is 27.1. The molecule has 0 saturated heterocycles. The molecule has 236 valence electrons. The highest BCUT2D eigenvalue weighted by Crippen LogP contribution is 2.54. The molecule has 9 nitrogen and oxygen atoms in total. The second-order valence-electron chi connectivity index (χ2n) is 12.3. The van der Waals surface area contributed by atoms with E-state index in [1.165, 1.54) is 4.90 Å². The van der Waals surface area contributed by atoms with Gasteiger partial charge in [0, 0.05) is 13.8 Å². The smallest absolute Gasteiger partial charge is 0.415 e. The second kappa shape index (κ2) is 11.9. The fraction of sp³-hybridized carbons (Fsp3) is 0.367. The Labute approximate surface area is 257 Å². The van der Waals surface area contributed by atoms with Crippen LogP contribution in [0.15, 0.2) is 72.8 Å². The summed E-state index contributed by atoms with van der Waals surface area (Å²) in [6, 6.07) is 17.3. The highest BCUT2D eigenvalue weighted by molar-refractivity contribution is 7.92. The van der Waals surface area contributed by atoms with Gasteiger partial charge < -0.3 is 8.92 Å². The van der Waals surface area contributed by atoms with Crippen molar-refractivity contribution in [3.05, 3.63) is 95.6 Å². The average Bonchev–Trinajstić information content (AvgIpc) is 3.45. The Hall–Kier alpha value is -3.33. The summed E-state index contributed by atoms with van der Waals surface area (Å²) in [6.07, 6.45) is -0.872. The van der Waals surface area contributed by atoms with E-state index in [9.17, 15) is 30.4 Å². The maximum absolute atomic E-state index is 14.4. The molecule has 1 aliphatic heterocycles. The van der Waals surface area contributed by atoms with Crippen LogP contribution in [0.1, 0.15) is 24.0 Å². The molecule has 5 rings (SSSR count). The number of hydrogen-bond acceptors (Lipinski definition) is 7. The molecule has 1 fully saturated rings. The lowest BCUT2D eigenvalue weighted by Gasteiger charge is -2.35. The Bertz CT molecular complexity index is 1750. The summed E-state index contributed by atoms with van der Waals surface area (Å²) in [5.74, 6) is -3.73. The number of para-hydroxylation sites is 2. The molecule has 14 heteroatoms. The van der Waals surface area contributed by atoms with Crippen molar-refractivity contribution in [3.8, 4) is 5.75 Å². The normalized spacial score (nSPS) is 21.5. The molecule has 3 aromatic carbocycles. The molecule has 0 spiro atoms. The molecule has 1 aliphatic carbocycles. The number of hydrogen-bond donors (Lipinski definition) is 1. The number of halogens is 2. The van der Waals surface area contributed by atoms with E-state index in [2.05, 4.69) is 4.72 Å². The van der Waals surface area contributed by atoms with Gasteiger partial charge in [-0.05, 0) is 48.2 Å². The van der Waals surface area contributed by atoms with Gasteiger partial charge in [-0.15, -0.1) is 0 Å². The predicted molar refractivity (Wildman–Crippen MR) is 165 cm³/mol. The molecule has 1 amide bonds. The van der Waals surface area contributed by atoms with Crippen LogP contribution in [0.5, 0.6) is 5.75 Å². The Balaban J connectivity index is 1.57. The van der Waals surface area contributed by atoms with Gasteiger partial charge in [-0.2, -0.15) is 13.1 Å². The largest absolute Gasteiger partial charge is 0.444 e. The summed E-state index contributed by atoms with van der Waals surface area (Å²) in [5, 5.41) is -1.16. The first-order chi connectivity index (χ1) is 20.6. The summed E-state index contributed by atoms with van der Waals surface area (Å²) < 4.78 is 96.6. The van der Waals surface area contributed by atoms with Crippen LogP contribution in [0.2, 0.25) is 25.7 Å². The lowest BCUT2D eigenvalue weighted by molar-refractivity contribution is 0.143. The molecule has 1 N–H and O–H groups in total. The van der Waals surface area contributed by atoms with Gasteiger partial charge in [-0.3, -0.25) is 4.90 Å². The van der Waals surface area contributed by atoms with Gasteiger partial charge in [-0.25, -0.2) is 22.0 Å². The molecule has 1 unspecified atom stereocenters. The zero-order chi connectivity index (χ0) is 31.9. The van der Waals surface area contributed by atoms with Crippen molar-refractivity contribution in [2.75, 3.05) is 10.7 Å². The maximum Gasteiger partial charge on any atom is 0.415 e. The predicted octanol–water partition coefficient (Wildman–Crippen LogP) is 5.51. The van der Waals surface area contributed by atoms with Gasteiger partial charge in [0.25, 0.3) is 0 Å². The van der Waals surface area contributed by atoms with Crippen LogP contribution >= 0.6 is 0 Å². The summed E-state index contributed by atoms with van der Waals surface area (Å²) in [6.45, 7) is 6.04. The van der Waals surface area contributed by atoms with Crippen molar-refractivity contribution < 1.29 is 39.3 Å². The Morgan fingerprint density at radius 3 is 2.25 bits per heavy atom. The van der Waals surface area contributed by atoms with Gasteiger partial charge in [0.15, 0.2) is 21.5 Å². The number of benzene rings is 3. The van der Waals surface area contributed by atoms with Gasteiger partial charge in [0.05, 0.1) is 22.5 Å². The molecule has 0 aromatic heterocycles. The maximum atomic E-state index is 14.4. The topological polar surface area (TPSA) is 119 Å². The Kier molecular flexibility index (Phi) is 8.66. The number of anilines is 1. The quantitative estimate of drug-likeness (QED) is 0.284. The molecule has 1 heterocycles. The number of nitrogens with zero attached hydrogens (tertiary/aromatic N) is 1. The van der Waals surface area contributed by atoms with Gasteiger partial charge >= 0.3 is 16.4 Å². The number of fused-ring (bicyclic) bond motifs is 3. The van der Waals surface area contributed by atoms with Crippen LogP contribution in [0, 0.1) is 11.6 Å². The Morgan fingerprint density at radius 2 is 1.59 bits per heavy atom. The van der Waals surface area contributed by atoms with Crippen molar-refractivity contribution >= 4 is 40.0 Å². The highest BCUT2D eigenvalue weighted by Gasteiger charge is 2.64. The molecule has 3 atom stereocenters. The van der Waals surface area contributed by atoms with Crippen LogP contribution in [0.25, 0.3) is 0 Å². The van der Waals surface area contributed by atoms with Gasteiger partial charge in [0.1, 0.15) is 6.61 Å². The van der Waals surface area contributed by atoms with Crippen molar-refractivity contribution in [3.63, 3.8) is 0 Å². The molecule has 2 aliphatic rings. The SMILES string of the molecule is C[Si](C)(C)CCS(=O)(=O)C1CC[C@]2(NS(=O)(=O)Oc3c(F)cccc3F)c3ccccc3N(C(=O)OCc3ccccc3)[C@H]12. The van der Waals surface area contributed by atoms with Crippen LogP contribution in [-0.4, -0.2) is 48.0 Å². The molecule has 44 heavy (non-hydrogen) atoms. The van der Waals surface area contributed by atoms with E-state index in [1.54, 1.807) is 48.5 Å². The van der Waals surface area contributed by atoms with E-state index in [0.717, 1.165) is 18.2 Å². The van der Waals surface area contributed by atoms with E-state index in [-0.39, 0.29) is 30.9 Å². The van der Waals surface area contributed by atoms with Crippen molar-refractivity contribution in [1.82, 2.24) is 4.72 Å². The number of nitrogens with one attached hydrogen (secondary N) is 1. The first kappa shape index (κ1) is 32.1. The van der Waals surface area contributed by atoms with Crippen LogP contribution in [0.4, 0.5) is 19.3 Å². The lowest BCUT2D eigenvalue weighted by atomic mass is 9.89. The van der Waals surface area contributed by atoms with Crippen molar-refractivity contribution in [2.24, 2.45) is 0 Å². The third-order valence-corrected chi connectivity index (χ3v) is 13.3. The molecule has 1 saturated carbocycles. The second-order valence-corrected chi connectivity index (χ2v) is 21.5. The summed E-state index contributed by atoms with van der Waals surface area (Å²) >= 11 is 0. The standard InChI is InChI=1S/C30H34F2N2O7S2Si/c1-44(2,3)19-18-42(36,37)26-16-17-30(33-43(38,39)41-27-23(31)13-9-14-24(27)32)22-12-7-8-15-25(22)34(28(26)30)29(35)40-20-21-10-5-4-6-11-21/h4-15,26,28,33H,16-20H2,1-3H3/t26?,28-,30+/m1/s1. The summed E-state index contributed by atoms with van der Waals surface area (Å²) in [7, 11) is -10.7. The summed E-state index contributed by atoms with van der Waals surface area (Å²) in [4.78, 5) is 15.0. The number of rotatable bonds is 10. The van der Waals surface area contributed by atoms with Crippen LogP contribution < -0.4 is 13.8 Å². The molecule has 0 radical (unpaired) electrons. The number of carbonyl (C=O) groups is 1. The molecule has 3 aromatic rings. The summed E-state index contributed by atoms with van der Waals surface area (Å²) in [5.41, 5.74) is -0.405. The first-order valence-electron chi connectivity index (χ1n) is 14.1. The van der Waals surface area contributed by atoms with Crippen molar-refractivity contribution in [2.45, 2.75) is 62.0 Å². The zero-order valence-electron chi connectivity index (χ0n) is 24.5. The highest BCUT2D eigenvalue weighted by atomic mass is 32.2. The minimum atomic E-state index is -4.97. The van der Waals surface area contributed by atoms with E-state index in [0.29, 0.717) is 17.2 Å². The number of carbonyl (C=O) groups excluding carboxylic acids is 1. The molecule has 0 bridgehead atoms. The monoisotopic (exact) mass is 664 g/mol. The van der Waals surface area contributed by atoms with Gasteiger partial charge in [0.2, 0.25) is 5.75 Å². The van der Waals surface area contributed by atoms with Crippen LogP contribution in [0.3, 0.4) is 0 Å². The fourth-order valence-corrected chi connectivity index (χ4v) is 12.3. The fourth-order valence-electron chi connectivity index (χ4n) is 5.94. The van der Waals surface area contributed by atoms with E-state index in [4.69, 9.17) is 8.92 Å². The van der Waals surface area contributed by atoms with E-state index >= 15 is 0 Å². The van der Waals surface area contributed by atoms with Crippen molar-refractivity contribution in [1.29, 1.82) is 0 Å². The van der Waals surface area contributed by atoms with Crippen LogP contribution in [-0.2, 0) is 37.0 Å². The first-order valence-corrected chi connectivity index (χ1v) is 21.0. The number of sulfone groups is 1. The van der Waals surface area contributed by atoms with Gasteiger partial charge in [-0.1, -0.05) is 74.2 Å². The van der Waals surface area contributed by atoms with E-state index in [1.807, 2.05) is 25.7 Å². The minimum absolute atomic E-state index is 0.0199. The minimum Gasteiger partial charge on any atom is -0.444 e. The number of ether oxygens (including phenoxy) is 1. The molecular formula is C30H34F2N2O7S2Si. The average molecular weight is 665 g/mol. The van der Waals surface area contributed by atoms with E-state index < -0.39 is 68.5 Å². The number of amides is 1. The lowest BCUT2D eigenvalue weighted by Crippen LogP contribution is -2.59. The Morgan fingerprint density at radius 1 is 0.955 bits per heavy atom. The third-order valence-electron chi connectivity index (χ3n) is 8.02. The third kappa shape index (κ3) is 6.39.